The minimum atomic E-state index is -0.846. The molecular formula is C15H15FO2. The van der Waals surface area contributed by atoms with E-state index >= 15 is 0 Å². The van der Waals surface area contributed by atoms with Gasteiger partial charge in [-0.05, 0) is 30.2 Å². The van der Waals surface area contributed by atoms with Crippen molar-refractivity contribution < 1.29 is 14.2 Å². The third-order valence-corrected chi connectivity index (χ3v) is 2.64. The summed E-state index contributed by atoms with van der Waals surface area (Å²) in [7, 11) is 0. The number of benzene rings is 2. The van der Waals surface area contributed by atoms with Crippen LogP contribution in [0.1, 0.15) is 24.2 Å². The molecule has 94 valence electrons. The Kier molecular flexibility index (Phi) is 3.95. The second kappa shape index (κ2) is 5.65. The summed E-state index contributed by atoms with van der Waals surface area (Å²) in [6.45, 7) is 2.29. The number of halogens is 1. The standard InChI is InChI=1S/C15H15FO2/c1-2-18-14-9-12(8-13(16)10-14)15(17)11-6-4-3-5-7-11/h3-10,15,17H,2H2,1H3. The molecule has 0 radical (unpaired) electrons. The lowest BCUT2D eigenvalue weighted by Gasteiger charge is -2.13. The van der Waals surface area contributed by atoms with Gasteiger partial charge in [-0.25, -0.2) is 4.39 Å². The Morgan fingerprint density at radius 3 is 2.50 bits per heavy atom. The van der Waals surface area contributed by atoms with Crippen LogP contribution in [0.4, 0.5) is 4.39 Å². The third-order valence-electron chi connectivity index (χ3n) is 2.64. The first-order valence-electron chi connectivity index (χ1n) is 5.87. The first-order valence-corrected chi connectivity index (χ1v) is 5.87. The molecule has 1 unspecified atom stereocenters. The molecule has 3 heteroatoms. The summed E-state index contributed by atoms with van der Waals surface area (Å²) in [5.41, 5.74) is 1.22. The summed E-state index contributed by atoms with van der Waals surface area (Å²) >= 11 is 0. The van der Waals surface area contributed by atoms with Gasteiger partial charge in [0.2, 0.25) is 0 Å². The third kappa shape index (κ3) is 2.87. The van der Waals surface area contributed by atoms with Gasteiger partial charge in [-0.15, -0.1) is 0 Å². The molecule has 0 aliphatic heterocycles. The van der Waals surface area contributed by atoms with Crippen molar-refractivity contribution in [3.63, 3.8) is 0 Å². The van der Waals surface area contributed by atoms with Crippen molar-refractivity contribution in [2.24, 2.45) is 0 Å². The quantitative estimate of drug-likeness (QED) is 0.896. The number of aliphatic hydroxyl groups is 1. The Balaban J connectivity index is 2.33. The molecule has 0 fully saturated rings. The Hall–Kier alpha value is -1.87. The molecule has 2 rings (SSSR count). The average Bonchev–Trinajstić information content (AvgIpc) is 2.38. The summed E-state index contributed by atoms with van der Waals surface area (Å²) in [4.78, 5) is 0. The van der Waals surface area contributed by atoms with E-state index in [0.717, 1.165) is 5.56 Å². The van der Waals surface area contributed by atoms with Gasteiger partial charge in [0.15, 0.2) is 0 Å². The Bertz CT molecular complexity index is 511. The lowest BCUT2D eigenvalue weighted by atomic mass is 10.0. The van der Waals surface area contributed by atoms with Crippen LogP contribution in [0.3, 0.4) is 0 Å². The van der Waals surface area contributed by atoms with Crippen molar-refractivity contribution in [3.8, 4) is 5.75 Å². The van der Waals surface area contributed by atoms with E-state index in [4.69, 9.17) is 4.74 Å². The maximum absolute atomic E-state index is 13.4. The minimum Gasteiger partial charge on any atom is -0.494 e. The van der Waals surface area contributed by atoms with E-state index in [-0.39, 0.29) is 0 Å². The predicted octanol–water partition coefficient (Wildman–Crippen LogP) is 3.31. The predicted molar refractivity (Wildman–Crippen MR) is 68.1 cm³/mol. The van der Waals surface area contributed by atoms with E-state index in [1.807, 2.05) is 25.1 Å². The van der Waals surface area contributed by atoms with Crippen LogP contribution in [0.25, 0.3) is 0 Å². The summed E-state index contributed by atoms with van der Waals surface area (Å²) in [5, 5.41) is 10.2. The highest BCUT2D eigenvalue weighted by Crippen LogP contribution is 2.26. The Morgan fingerprint density at radius 1 is 1.11 bits per heavy atom. The number of hydrogen-bond acceptors (Lipinski definition) is 2. The maximum Gasteiger partial charge on any atom is 0.127 e. The lowest BCUT2D eigenvalue weighted by molar-refractivity contribution is 0.219. The first-order chi connectivity index (χ1) is 8.70. The monoisotopic (exact) mass is 246 g/mol. The minimum absolute atomic E-state index is 0.411. The lowest BCUT2D eigenvalue weighted by Crippen LogP contribution is -2.01. The van der Waals surface area contributed by atoms with Crippen molar-refractivity contribution in [1.82, 2.24) is 0 Å². The highest BCUT2D eigenvalue weighted by Gasteiger charge is 2.12. The molecule has 0 spiro atoms. The molecular weight excluding hydrogens is 231 g/mol. The number of ether oxygens (including phenoxy) is 1. The fourth-order valence-corrected chi connectivity index (χ4v) is 1.82. The van der Waals surface area contributed by atoms with Crippen molar-refractivity contribution >= 4 is 0 Å². The summed E-state index contributed by atoms with van der Waals surface area (Å²) < 4.78 is 18.7. The normalized spacial score (nSPS) is 12.2. The first kappa shape index (κ1) is 12.6. The molecule has 0 saturated carbocycles. The van der Waals surface area contributed by atoms with Gasteiger partial charge in [0, 0.05) is 6.07 Å². The van der Waals surface area contributed by atoms with Gasteiger partial charge in [-0.3, -0.25) is 0 Å². The zero-order valence-electron chi connectivity index (χ0n) is 10.1. The molecule has 0 aliphatic carbocycles. The van der Waals surface area contributed by atoms with Gasteiger partial charge in [0.25, 0.3) is 0 Å². The molecule has 0 aliphatic rings. The largest absolute Gasteiger partial charge is 0.494 e. The second-order valence-corrected chi connectivity index (χ2v) is 3.97. The van der Waals surface area contributed by atoms with Crippen LogP contribution in [0.5, 0.6) is 5.75 Å². The molecule has 1 N–H and O–H groups in total. The summed E-state index contributed by atoms with van der Waals surface area (Å²) in [6.07, 6.45) is -0.846. The second-order valence-electron chi connectivity index (χ2n) is 3.97. The Morgan fingerprint density at radius 2 is 1.83 bits per heavy atom. The van der Waals surface area contributed by atoms with Crippen LogP contribution >= 0.6 is 0 Å². The van der Waals surface area contributed by atoms with E-state index in [9.17, 15) is 9.50 Å². The zero-order chi connectivity index (χ0) is 13.0. The zero-order valence-corrected chi connectivity index (χ0v) is 10.1. The number of hydrogen-bond donors (Lipinski definition) is 1. The molecule has 2 aromatic carbocycles. The fourth-order valence-electron chi connectivity index (χ4n) is 1.82. The highest BCUT2D eigenvalue weighted by atomic mass is 19.1. The smallest absolute Gasteiger partial charge is 0.127 e. The molecule has 0 saturated heterocycles. The summed E-state index contributed by atoms with van der Waals surface area (Å²) in [6, 6.07) is 13.4. The van der Waals surface area contributed by atoms with Crippen LogP contribution < -0.4 is 4.74 Å². The molecule has 2 nitrogen and oxygen atoms in total. The molecule has 0 amide bonds. The molecule has 1 atom stereocenters. The number of rotatable bonds is 4. The van der Waals surface area contributed by atoms with Gasteiger partial charge in [-0.1, -0.05) is 30.3 Å². The van der Waals surface area contributed by atoms with Crippen LogP contribution in [0, 0.1) is 5.82 Å². The highest BCUT2D eigenvalue weighted by molar-refractivity contribution is 5.35. The molecule has 2 aromatic rings. The molecule has 0 heterocycles. The van der Waals surface area contributed by atoms with Crippen LogP contribution in [-0.2, 0) is 0 Å². The SMILES string of the molecule is CCOc1cc(F)cc(C(O)c2ccccc2)c1. The van der Waals surface area contributed by atoms with Crippen LogP contribution in [0.2, 0.25) is 0 Å². The Labute approximate surface area is 106 Å². The van der Waals surface area contributed by atoms with E-state index < -0.39 is 11.9 Å². The average molecular weight is 246 g/mol. The van der Waals surface area contributed by atoms with Crippen LogP contribution in [0.15, 0.2) is 48.5 Å². The van der Waals surface area contributed by atoms with E-state index in [1.54, 1.807) is 18.2 Å². The van der Waals surface area contributed by atoms with E-state index in [2.05, 4.69) is 0 Å². The van der Waals surface area contributed by atoms with Crippen LogP contribution in [-0.4, -0.2) is 11.7 Å². The molecule has 0 aromatic heterocycles. The van der Waals surface area contributed by atoms with Gasteiger partial charge in [-0.2, -0.15) is 0 Å². The summed E-state index contributed by atoms with van der Waals surface area (Å²) in [5.74, 6) is 0.0217. The van der Waals surface area contributed by atoms with Gasteiger partial charge >= 0.3 is 0 Å². The van der Waals surface area contributed by atoms with Gasteiger partial charge in [0.1, 0.15) is 17.7 Å². The van der Waals surface area contributed by atoms with Gasteiger partial charge < -0.3 is 9.84 Å². The van der Waals surface area contributed by atoms with Crippen molar-refractivity contribution in [3.05, 3.63) is 65.5 Å². The van der Waals surface area contributed by atoms with Gasteiger partial charge in [0.05, 0.1) is 6.61 Å². The van der Waals surface area contributed by atoms with Crippen molar-refractivity contribution in [2.75, 3.05) is 6.61 Å². The number of aliphatic hydroxyl groups excluding tert-OH is 1. The van der Waals surface area contributed by atoms with Crippen molar-refractivity contribution in [2.45, 2.75) is 13.0 Å². The molecule has 0 bridgehead atoms. The van der Waals surface area contributed by atoms with Crippen molar-refractivity contribution in [1.29, 1.82) is 0 Å². The maximum atomic E-state index is 13.4. The molecule has 18 heavy (non-hydrogen) atoms. The topological polar surface area (TPSA) is 29.5 Å². The van der Waals surface area contributed by atoms with E-state index in [1.165, 1.54) is 12.1 Å². The van der Waals surface area contributed by atoms with E-state index in [0.29, 0.717) is 17.9 Å². The fraction of sp³-hybridized carbons (Fsp3) is 0.200.